The van der Waals surface area contributed by atoms with Crippen molar-refractivity contribution in [3.05, 3.63) is 54.2 Å². The SMILES string of the molecule is OC(O)C1NC=CC=C1c1ccccc1. The number of benzene rings is 1. The second-order valence-corrected chi connectivity index (χ2v) is 3.41. The third kappa shape index (κ3) is 2.09. The molecule has 3 heteroatoms. The van der Waals surface area contributed by atoms with E-state index in [9.17, 15) is 10.2 Å². The summed E-state index contributed by atoms with van der Waals surface area (Å²) >= 11 is 0. The average molecular weight is 203 g/mol. The number of rotatable bonds is 2. The first kappa shape index (κ1) is 9.96. The van der Waals surface area contributed by atoms with Crippen molar-refractivity contribution in [3.63, 3.8) is 0 Å². The molecule has 0 saturated heterocycles. The van der Waals surface area contributed by atoms with Gasteiger partial charge >= 0.3 is 0 Å². The van der Waals surface area contributed by atoms with Crippen LogP contribution in [0.2, 0.25) is 0 Å². The first-order chi connectivity index (χ1) is 7.29. The quantitative estimate of drug-likeness (QED) is 0.625. The van der Waals surface area contributed by atoms with Gasteiger partial charge in [0.25, 0.3) is 0 Å². The second kappa shape index (κ2) is 4.29. The Kier molecular flexibility index (Phi) is 2.85. The number of hydrogen-bond acceptors (Lipinski definition) is 3. The standard InChI is InChI=1S/C12H13NO2/c14-12(15)11-10(7-4-8-13-11)9-5-2-1-3-6-9/h1-8,11-15H. The first-order valence-electron chi connectivity index (χ1n) is 4.83. The summed E-state index contributed by atoms with van der Waals surface area (Å²) in [6, 6.07) is 9.22. The van der Waals surface area contributed by atoms with E-state index in [0.29, 0.717) is 0 Å². The highest BCUT2D eigenvalue weighted by atomic mass is 16.5. The van der Waals surface area contributed by atoms with Crippen LogP contribution in [0.5, 0.6) is 0 Å². The Bertz CT molecular complexity index is 382. The molecule has 1 aromatic carbocycles. The lowest BCUT2D eigenvalue weighted by atomic mass is 9.96. The summed E-state index contributed by atoms with van der Waals surface area (Å²) in [6.07, 6.45) is 4.04. The van der Waals surface area contributed by atoms with Crippen LogP contribution in [0.1, 0.15) is 5.56 Å². The van der Waals surface area contributed by atoms with E-state index < -0.39 is 12.3 Å². The molecule has 0 fully saturated rings. The van der Waals surface area contributed by atoms with Gasteiger partial charge in [0.05, 0.1) is 0 Å². The molecule has 0 spiro atoms. The molecular formula is C12H13NO2. The molecule has 3 N–H and O–H groups in total. The van der Waals surface area contributed by atoms with E-state index in [2.05, 4.69) is 5.32 Å². The van der Waals surface area contributed by atoms with Crippen LogP contribution in [0.3, 0.4) is 0 Å². The van der Waals surface area contributed by atoms with Crippen molar-refractivity contribution < 1.29 is 10.2 Å². The van der Waals surface area contributed by atoms with Crippen molar-refractivity contribution in [2.75, 3.05) is 0 Å². The fourth-order valence-corrected chi connectivity index (χ4v) is 1.66. The fourth-order valence-electron chi connectivity index (χ4n) is 1.66. The van der Waals surface area contributed by atoms with E-state index in [1.165, 1.54) is 0 Å². The minimum absolute atomic E-state index is 0.461. The van der Waals surface area contributed by atoms with Crippen LogP contribution in [0.25, 0.3) is 5.57 Å². The van der Waals surface area contributed by atoms with Gasteiger partial charge in [-0.3, -0.25) is 0 Å². The molecule has 0 amide bonds. The highest BCUT2D eigenvalue weighted by Gasteiger charge is 2.22. The molecule has 3 nitrogen and oxygen atoms in total. The highest BCUT2D eigenvalue weighted by Crippen LogP contribution is 2.22. The zero-order chi connectivity index (χ0) is 10.7. The molecule has 78 valence electrons. The van der Waals surface area contributed by atoms with Gasteiger partial charge in [-0.25, -0.2) is 0 Å². The van der Waals surface area contributed by atoms with E-state index in [0.717, 1.165) is 11.1 Å². The lowest BCUT2D eigenvalue weighted by Gasteiger charge is -2.25. The van der Waals surface area contributed by atoms with Gasteiger partial charge in [0, 0.05) is 0 Å². The normalized spacial score (nSPS) is 19.9. The minimum atomic E-state index is -1.40. The van der Waals surface area contributed by atoms with Crippen LogP contribution in [0.4, 0.5) is 0 Å². The summed E-state index contributed by atoms with van der Waals surface area (Å²) < 4.78 is 0. The molecule has 0 radical (unpaired) electrons. The largest absolute Gasteiger partial charge is 0.380 e. The Morgan fingerprint density at radius 1 is 1.13 bits per heavy atom. The molecule has 0 aromatic heterocycles. The molecule has 1 unspecified atom stereocenters. The third-order valence-corrected chi connectivity index (χ3v) is 2.39. The monoisotopic (exact) mass is 203 g/mol. The number of hydrogen-bond donors (Lipinski definition) is 3. The molecule has 15 heavy (non-hydrogen) atoms. The fraction of sp³-hybridized carbons (Fsp3) is 0.167. The molecule has 0 aliphatic carbocycles. The number of aliphatic hydroxyl groups is 2. The van der Waals surface area contributed by atoms with Crippen LogP contribution < -0.4 is 5.32 Å². The lowest BCUT2D eigenvalue weighted by molar-refractivity contribution is -0.0508. The van der Waals surface area contributed by atoms with Gasteiger partial charge in [-0.15, -0.1) is 0 Å². The maximum Gasteiger partial charge on any atom is 0.176 e. The zero-order valence-electron chi connectivity index (χ0n) is 8.17. The van der Waals surface area contributed by atoms with E-state index >= 15 is 0 Å². The van der Waals surface area contributed by atoms with E-state index in [-0.39, 0.29) is 0 Å². The van der Waals surface area contributed by atoms with Crippen molar-refractivity contribution in [2.24, 2.45) is 0 Å². The number of allylic oxidation sites excluding steroid dienone is 2. The highest BCUT2D eigenvalue weighted by molar-refractivity contribution is 5.72. The summed E-state index contributed by atoms with van der Waals surface area (Å²) in [6.45, 7) is 0. The molecule has 0 bridgehead atoms. The Morgan fingerprint density at radius 3 is 2.53 bits per heavy atom. The molecular weight excluding hydrogens is 190 g/mol. The lowest BCUT2D eigenvalue weighted by Crippen LogP contribution is -2.39. The van der Waals surface area contributed by atoms with Gasteiger partial charge in [-0.2, -0.15) is 0 Å². The van der Waals surface area contributed by atoms with Crippen LogP contribution in [0.15, 0.2) is 48.7 Å². The number of aliphatic hydroxyl groups excluding tert-OH is 1. The molecule has 1 atom stereocenters. The summed E-state index contributed by atoms with van der Waals surface area (Å²) in [7, 11) is 0. The zero-order valence-corrected chi connectivity index (χ0v) is 8.17. The van der Waals surface area contributed by atoms with Gasteiger partial charge in [0.1, 0.15) is 6.04 Å². The van der Waals surface area contributed by atoms with E-state index in [1.54, 1.807) is 6.20 Å². The Hall–Kier alpha value is -1.58. The van der Waals surface area contributed by atoms with Gasteiger partial charge in [-0.05, 0) is 23.4 Å². The van der Waals surface area contributed by atoms with E-state index in [1.807, 2.05) is 42.5 Å². The van der Waals surface area contributed by atoms with Crippen molar-refractivity contribution in [3.8, 4) is 0 Å². The average Bonchev–Trinajstić information content (AvgIpc) is 2.30. The predicted molar refractivity (Wildman–Crippen MR) is 58.7 cm³/mol. The molecule has 1 aliphatic heterocycles. The van der Waals surface area contributed by atoms with Crippen LogP contribution >= 0.6 is 0 Å². The van der Waals surface area contributed by atoms with Gasteiger partial charge in [-0.1, -0.05) is 36.4 Å². The van der Waals surface area contributed by atoms with E-state index in [4.69, 9.17) is 0 Å². The molecule has 1 heterocycles. The maximum atomic E-state index is 9.23. The summed E-state index contributed by atoms with van der Waals surface area (Å²) in [5, 5.41) is 21.4. The second-order valence-electron chi connectivity index (χ2n) is 3.41. The summed E-state index contributed by atoms with van der Waals surface area (Å²) in [4.78, 5) is 0. The van der Waals surface area contributed by atoms with Gasteiger partial charge in [0.15, 0.2) is 6.29 Å². The Balaban J connectivity index is 2.33. The summed E-state index contributed by atoms with van der Waals surface area (Å²) in [5.41, 5.74) is 1.88. The molecule has 1 aromatic rings. The van der Waals surface area contributed by atoms with Crippen molar-refractivity contribution in [2.45, 2.75) is 12.3 Å². The van der Waals surface area contributed by atoms with Crippen LogP contribution in [-0.4, -0.2) is 22.5 Å². The van der Waals surface area contributed by atoms with Crippen LogP contribution in [0, 0.1) is 0 Å². The first-order valence-corrected chi connectivity index (χ1v) is 4.83. The minimum Gasteiger partial charge on any atom is -0.380 e. The smallest absolute Gasteiger partial charge is 0.176 e. The number of dihydropyridines is 1. The molecule has 1 aliphatic rings. The Labute approximate surface area is 88.4 Å². The van der Waals surface area contributed by atoms with Gasteiger partial charge < -0.3 is 15.5 Å². The molecule has 0 saturated carbocycles. The third-order valence-electron chi connectivity index (χ3n) is 2.39. The predicted octanol–water partition coefficient (Wildman–Crippen LogP) is 0.866. The summed E-state index contributed by atoms with van der Waals surface area (Å²) in [5.74, 6) is 0. The van der Waals surface area contributed by atoms with Crippen LogP contribution in [-0.2, 0) is 0 Å². The van der Waals surface area contributed by atoms with Gasteiger partial charge in [0.2, 0.25) is 0 Å². The maximum absolute atomic E-state index is 9.23. The Morgan fingerprint density at radius 2 is 1.87 bits per heavy atom. The van der Waals surface area contributed by atoms with Crippen molar-refractivity contribution in [1.29, 1.82) is 0 Å². The van der Waals surface area contributed by atoms with Crippen molar-refractivity contribution >= 4 is 5.57 Å². The molecule has 2 rings (SSSR count). The number of nitrogens with one attached hydrogen (secondary N) is 1. The topological polar surface area (TPSA) is 52.5 Å². The van der Waals surface area contributed by atoms with Crippen molar-refractivity contribution in [1.82, 2.24) is 5.32 Å².